The average Bonchev–Trinajstić information content (AvgIpc) is 3.35. The first-order valence-corrected chi connectivity index (χ1v) is 10.5. The smallest absolute Gasteiger partial charge is 0.290 e. The Hall–Kier alpha value is -2.29. The Morgan fingerprint density at radius 1 is 1.23 bits per heavy atom. The number of methoxy groups -OCH3 is 2. The van der Waals surface area contributed by atoms with Crippen molar-refractivity contribution in [1.29, 1.82) is 0 Å². The van der Waals surface area contributed by atoms with E-state index in [2.05, 4.69) is 19.0 Å². The Kier molecular flexibility index (Phi) is 7.46. The zero-order valence-corrected chi connectivity index (χ0v) is 19.0. The van der Waals surface area contributed by atoms with Crippen LogP contribution in [0.3, 0.4) is 0 Å². The number of rotatable bonds is 4. The number of carboxylic acid groups (broad SMARTS) is 1. The number of benzene rings is 1. The molecule has 4 rings (SSSR count). The zero-order valence-electron chi connectivity index (χ0n) is 18.2. The first-order chi connectivity index (χ1) is 14.8. The average molecular weight is 453 g/mol. The van der Waals surface area contributed by atoms with Gasteiger partial charge in [-0.3, -0.25) is 9.59 Å². The number of likely N-dealkylation sites (tertiary alicyclic amines) is 1. The van der Waals surface area contributed by atoms with E-state index in [1.54, 1.807) is 32.4 Å². The number of halogens is 1. The molecule has 1 aromatic heterocycles. The lowest BCUT2D eigenvalue weighted by atomic mass is 9.77. The summed E-state index contributed by atoms with van der Waals surface area (Å²) in [5, 5.41) is 8.22. The molecule has 1 N–H and O–H groups in total. The predicted octanol–water partition coefficient (Wildman–Crippen LogP) is 3.22. The van der Waals surface area contributed by atoms with Crippen LogP contribution in [0.1, 0.15) is 23.4 Å². The van der Waals surface area contributed by atoms with Gasteiger partial charge in [-0.1, -0.05) is 11.6 Å². The van der Waals surface area contributed by atoms with Crippen molar-refractivity contribution in [2.75, 3.05) is 41.4 Å². The molecule has 1 aliphatic heterocycles. The predicted molar refractivity (Wildman–Crippen MR) is 117 cm³/mol. The van der Waals surface area contributed by atoms with Crippen molar-refractivity contribution >= 4 is 34.9 Å². The van der Waals surface area contributed by atoms with Gasteiger partial charge in [-0.05, 0) is 50.9 Å². The van der Waals surface area contributed by atoms with E-state index in [0.717, 1.165) is 31.3 Å². The maximum absolute atomic E-state index is 13.1. The highest BCUT2D eigenvalue weighted by Crippen LogP contribution is 2.40. The van der Waals surface area contributed by atoms with Crippen LogP contribution in [-0.2, 0) is 9.53 Å². The first kappa shape index (κ1) is 23.4. The number of fused-ring (bicyclic) bond motifs is 2. The Labute approximate surface area is 186 Å². The third-order valence-corrected chi connectivity index (χ3v) is 6.53. The van der Waals surface area contributed by atoms with Crippen LogP contribution in [0.5, 0.6) is 5.75 Å². The third-order valence-electron chi connectivity index (χ3n) is 6.32. The molecule has 0 bridgehead atoms. The van der Waals surface area contributed by atoms with Crippen LogP contribution in [0, 0.1) is 11.8 Å². The van der Waals surface area contributed by atoms with Gasteiger partial charge in [0.15, 0.2) is 17.1 Å². The number of amides is 1. The molecule has 1 aromatic carbocycles. The fraction of sp³-hybridized carbons (Fsp3) is 0.545. The molecule has 1 saturated carbocycles. The molecule has 2 fully saturated rings. The fourth-order valence-electron chi connectivity index (χ4n) is 4.85. The van der Waals surface area contributed by atoms with Crippen molar-refractivity contribution in [3.63, 3.8) is 0 Å². The number of carbonyl (C=O) groups is 2. The van der Waals surface area contributed by atoms with E-state index in [4.69, 9.17) is 35.4 Å². The second-order valence-electron chi connectivity index (χ2n) is 8.25. The lowest BCUT2D eigenvalue weighted by molar-refractivity contribution is -0.122. The molecule has 1 amide bonds. The second-order valence-corrected chi connectivity index (χ2v) is 8.69. The number of ether oxygens (including phenoxy) is 2. The van der Waals surface area contributed by atoms with Gasteiger partial charge >= 0.3 is 0 Å². The van der Waals surface area contributed by atoms with Gasteiger partial charge in [0.25, 0.3) is 12.4 Å². The molecule has 9 heteroatoms. The molecule has 2 aliphatic rings. The molecule has 2 aromatic rings. The van der Waals surface area contributed by atoms with Crippen molar-refractivity contribution in [2.45, 2.75) is 25.0 Å². The summed E-state index contributed by atoms with van der Waals surface area (Å²) in [6.45, 7) is 1.26. The van der Waals surface area contributed by atoms with Gasteiger partial charge in [0.1, 0.15) is 0 Å². The minimum Gasteiger partial charge on any atom is -0.493 e. The van der Waals surface area contributed by atoms with Gasteiger partial charge in [-0.15, -0.1) is 0 Å². The maximum atomic E-state index is 13.1. The number of hydrogen-bond donors (Lipinski definition) is 1. The quantitative estimate of drug-likeness (QED) is 0.712. The molecule has 4 atom stereocenters. The summed E-state index contributed by atoms with van der Waals surface area (Å²) in [7, 11) is 7.55. The molecular weight excluding hydrogens is 424 g/mol. The highest BCUT2D eigenvalue weighted by molar-refractivity contribution is 6.31. The first-order valence-electron chi connectivity index (χ1n) is 10.2. The molecule has 2 heterocycles. The summed E-state index contributed by atoms with van der Waals surface area (Å²) in [6.07, 6.45) is 2.24. The van der Waals surface area contributed by atoms with Gasteiger partial charge in [0.2, 0.25) is 0 Å². The molecule has 0 unspecified atom stereocenters. The minimum atomic E-state index is -0.250. The largest absolute Gasteiger partial charge is 0.493 e. The van der Waals surface area contributed by atoms with Crippen molar-refractivity contribution in [3.8, 4) is 5.75 Å². The summed E-state index contributed by atoms with van der Waals surface area (Å²) < 4.78 is 16.9. The van der Waals surface area contributed by atoms with Crippen LogP contribution in [0.25, 0.3) is 11.0 Å². The molecule has 170 valence electrons. The van der Waals surface area contributed by atoms with E-state index in [1.165, 1.54) is 0 Å². The van der Waals surface area contributed by atoms with Crippen LogP contribution < -0.4 is 4.74 Å². The summed E-state index contributed by atoms with van der Waals surface area (Å²) in [6, 6.07) is 5.63. The lowest BCUT2D eigenvalue weighted by Crippen LogP contribution is -2.47. The minimum absolute atomic E-state index is 0.0702. The lowest BCUT2D eigenvalue weighted by Gasteiger charge is -2.40. The molecule has 0 spiro atoms. The van der Waals surface area contributed by atoms with Crippen LogP contribution in [0.2, 0.25) is 5.02 Å². The number of carbonyl (C=O) groups excluding carboxylic acids is 1. The molecule has 1 aliphatic carbocycles. The van der Waals surface area contributed by atoms with E-state index in [0.29, 0.717) is 40.0 Å². The molecule has 8 nitrogen and oxygen atoms in total. The molecular formula is C22H29ClN2O6. The van der Waals surface area contributed by atoms with Crippen LogP contribution >= 0.6 is 11.6 Å². The summed E-state index contributed by atoms with van der Waals surface area (Å²) in [5.41, 5.74) is 0.555. The zero-order chi connectivity index (χ0) is 22.7. The van der Waals surface area contributed by atoms with E-state index in [-0.39, 0.29) is 18.5 Å². The molecule has 1 saturated heterocycles. The summed E-state index contributed by atoms with van der Waals surface area (Å²) >= 11 is 6.14. The van der Waals surface area contributed by atoms with E-state index < -0.39 is 0 Å². The van der Waals surface area contributed by atoms with Crippen LogP contribution in [-0.4, -0.2) is 80.8 Å². The molecule has 0 radical (unpaired) electrons. The number of likely N-dealkylation sites (N-methyl/N-ethyl adjacent to an activating group) is 1. The number of nitrogens with zero attached hydrogens (tertiary/aromatic N) is 2. The Morgan fingerprint density at radius 3 is 2.45 bits per heavy atom. The summed E-state index contributed by atoms with van der Waals surface area (Å²) in [4.78, 5) is 25.7. The van der Waals surface area contributed by atoms with Crippen molar-refractivity contribution in [1.82, 2.24) is 9.80 Å². The van der Waals surface area contributed by atoms with Crippen LogP contribution in [0.15, 0.2) is 22.6 Å². The SMILES string of the molecule is COc1cc(Cl)cc2cc(C(=O)N3C[C@H]4C[C@@H](N(C)C)[C@H](OC)C[C@H]4C3)oc12.O=CO. The number of furan rings is 1. The Bertz CT molecular complexity index is 930. The van der Waals surface area contributed by atoms with E-state index in [1.807, 2.05) is 4.90 Å². The van der Waals surface area contributed by atoms with Gasteiger partial charge in [0.05, 0.1) is 13.2 Å². The monoisotopic (exact) mass is 452 g/mol. The Morgan fingerprint density at radius 2 is 1.87 bits per heavy atom. The van der Waals surface area contributed by atoms with Crippen molar-refractivity contribution in [2.24, 2.45) is 11.8 Å². The standard InChI is InChI=1S/C21H27ClN2O4.CH2O2/c1-23(2)16-6-13-10-24(11-14(13)8-17(16)26-3)21(25)19-7-12-5-15(22)9-18(27-4)20(12)28-19;2-1-3/h5,7,9,13-14,16-17H,6,8,10-11H2,1-4H3;1H,(H,2,3)/t13-,14+,16-,17-;/m1./s1. The second kappa shape index (κ2) is 9.89. The van der Waals surface area contributed by atoms with Gasteiger partial charge in [-0.25, -0.2) is 0 Å². The molecule has 31 heavy (non-hydrogen) atoms. The van der Waals surface area contributed by atoms with Crippen LogP contribution in [0.4, 0.5) is 0 Å². The highest BCUT2D eigenvalue weighted by Gasteiger charge is 2.44. The van der Waals surface area contributed by atoms with E-state index in [9.17, 15) is 4.79 Å². The van der Waals surface area contributed by atoms with Crippen molar-refractivity contribution in [3.05, 3.63) is 29.0 Å². The van der Waals surface area contributed by atoms with E-state index >= 15 is 0 Å². The number of hydrogen-bond acceptors (Lipinski definition) is 6. The van der Waals surface area contributed by atoms with Crippen molar-refractivity contribution < 1.29 is 28.6 Å². The normalized spacial score (nSPS) is 25.2. The van der Waals surface area contributed by atoms with Gasteiger partial charge in [0, 0.05) is 42.7 Å². The maximum Gasteiger partial charge on any atom is 0.290 e. The topological polar surface area (TPSA) is 92.5 Å². The third kappa shape index (κ3) is 4.81. The summed E-state index contributed by atoms with van der Waals surface area (Å²) in [5.74, 6) is 1.77. The Balaban J connectivity index is 0.000000858. The highest BCUT2D eigenvalue weighted by atomic mass is 35.5. The van der Waals surface area contributed by atoms with Gasteiger partial charge < -0.3 is 28.8 Å². The van der Waals surface area contributed by atoms with Gasteiger partial charge in [-0.2, -0.15) is 0 Å². The fourth-order valence-corrected chi connectivity index (χ4v) is 5.07.